The molecule has 16 heavy (non-hydrogen) atoms. The largest absolute Gasteiger partial charge is 0.297 e. The number of piperidine rings is 1. The van der Waals surface area contributed by atoms with Crippen molar-refractivity contribution < 1.29 is 4.79 Å². The van der Waals surface area contributed by atoms with E-state index >= 15 is 0 Å². The van der Waals surface area contributed by atoms with Crippen molar-refractivity contribution in [1.82, 2.24) is 4.90 Å². The lowest BCUT2D eigenvalue weighted by Gasteiger charge is -2.42. The smallest absolute Gasteiger partial charge is 0.156 e. The molecule has 90 valence electrons. The second-order valence-corrected chi connectivity index (χ2v) is 5.20. The van der Waals surface area contributed by atoms with Crippen molar-refractivity contribution in [3.63, 3.8) is 0 Å². The second-order valence-electron chi connectivity index (χ2n) is 5.20. The molecule has 1 saturated heterocycles. The molecule has 0 spiro atoms. The number of Topliss-reactive ketones (excluding diaryl/α,β-unsaturated/α-hetero) is 1. The fourth-order valence-electron chi connectivity index (χ4n) is 3.37. The van der Waals surface area contributed by atoms with Gasteiger partial charge in [0.05, 0.1) is 5.54 Å². The molecule has 0 aromatic rings. The summed E-state index contributed by atoms with van der Waals surface area (Å²) in [6.45, 7) is 5.96. The molecule has 0 aromatic heterocycles. The Morgan fingerprint density at radius 3 is 2.31 bits per heavy atom. The van der Waals surface area contributed by atoms with E-state index in [0.717, 1.165) is 25.9 Å². The summed E-state index contributed by atoms with van der Waals surface area (Å²) in [6, 6.07) is 0. The number of ketones is 1. The summed E-state index contributed by atoms with van der Waals surface area (Å²) in [7, 11) is 0. The average Bonchev–Trinajstić information content (AvgIpc) is 2.81. The maximum atomic E-state index is 12.4. The van der Waals surface area contributed by atoms with Crippen LogP contribution in [0.5, 0.6) is 0 Å². The minimum absolute atomic E-state index is 0.103. The summed E-state index contributed by atoms with van der Waals surface area (Å²) in [5.74, 6) is 0.418. The third-order valence-corrected chi connectivity index (χ3v) is 4.24. The van der Waals surface area contributed by atoms with Crippen LogP contribution in [0.4, 0.5) is 0 Å². The molecule has 1 aliphatic carbocycles. The highest BCUT2D eigenvalue weighted by Crippen LogP contribution is 2.38. The number of hydrogen-bond acceptors (Lipinski definition) is 2. The lowest BCUT2D eigenvalue weighted by molar-refractivity contribution is -0.131. The zero-order chi connectivity index (χ0) is 11.4. The molecule has 0 radical (unpaired) electrons. The van der Waals surface area contributed by atoms with Crippen molar-refractivity contribution in [1.29, 1.82) is 0 Å². The van der Waals surface area contributed by atoms with Crippen LogP contribution in [0.25, 0.3) is 0 Å². The highest BCUT2D eigenvalue weighted by atomic mass is 16.1. The fourth-order valence-corrected chi connectivity index (χ4v) is 3.37. The van der Waals surface area contributed by atoms with Crippen LogP contribution in [0.3, 0.4) is 0 Å². The molecule has 0 aromatic carbocycles. The summed E-state index contributed by atoms with van der Waals surface area (Å²) in [4.78, 5) is 14.8. The molecule has 2 fully saturated rings. The van der Waals surface area contributed by atoms with Gasteiger partial charge in [-0.3, -0.25) is 9.69 Å². The van der Waals surface area contributed by atoms with Crippen LogP contribution in [-0.2, 0) is 4.79 Å². The standard InChI is InChI=1S/C14H23NO/c1-2-8-13(16)14(9-4-5-10-14)15-11-6-3-7-12-15/h2H,1,3-12H2. The topological polar surface area (TPSA) is 20.3 Å². The van der Waals surface area contributed by atoms with Gasteiger partial charge in [-0.25, -0.2) is 0 Å². The van der Waals surface area contributed by atoms with Gasteiger partial charge >= 0.3 is 0 Å². The fraction of sp³-hybridized carbons (Fsp3) is 0.786. The van der Waals surface area contributed by atoms with E-state index in [1.165, 1.54) is 32.1 Å². The Kier molecular flexibility index (Phi) is 3.80. The Morgan fingerprint density at radius 2 is 1.75 bits per heavy atom. The number of carbonyl (C=O) groups is 1. The van der Waals surface area contributed by atoms with Gasteiger partial charge in [-0.15, -0.1) is 6.58 Å². The number of rotatable bonds is 4. The van der Waals surface area contributed by atoms with Crippen molar-refractivity contribution in [2.75, 3.05) is 13.1 Å². The van der Waals surface area contributed by atoms with E-state index in [2.05, 4.69) is 11.5 Å². The third-order valence-electron chi connectivity index (χ3n) is 4.24. The van der Waals surface area contributed by atoms with Gasteiger partial charge in [0.1, 0.15) is 0 Å². The van der Waals surface area contributed by atoms with Crippen LogP contribution in [0.2, 0.25) is 0 Å². The summed E-state index contributed by atoms with van der Waals surface area (Å²) in [5.41, 5.74) is -0.103. The van der Waals surface area contributed by atoms with Gasteiger partial charge in [0.2, 0.25) is 0 Å². The molecule has 2 aliphatic rings. The van der Waals surface area contributed by atoms with Gasteiger partial charge < -0.3 is 0 Å². The molecule has 0 unspecified atom stereocenters. The monoisotopic (exact) mass is 221 g/mol. The first kappa shape index (κ1) is 11.8. The van der Waals surface area contributed by atoms with Gasteiger partial charge in [0.25, 0.3) is 0 Å². The first-order chi connectivity index (χ1) is 7.79. The lowest BCUT2D eigenvalue weighted by atomic mass is 9.86. The van der Waals surface area contributed by atoms with E-state index in [-0.39, 0.29) is 5.54 Å². The average molecular weight is 221 g/mol. The third kappa shape index (κ3) is 2.08. The molecule has 0 bridgehead atoms. The Balaban J connectivity index is 2.13. The van der Waals surface area contributed by atoms with Crippen LogP contribution in [-0.4, -0.2) is 29.3 Å². The second kappa shape index (κ2) is 5.13. The number of allylic oxidation sites excluding steroid dienone is 1. The first-order valence-electron chi connectivity index (χ1n) is 6.69. The highest BCUT2D eigenvalue weighted by molar-refractivity contribution is 5.89. The molecule has 1 heterocycles. The van der Waals surface area contributed by atoms with E-state index in [1.807, 2.05) is 0 Å². The van der Waals surface area contributed by atoms with Crippen molar-refractivity contribution in [2.24, 2.45) is 0 Å². The zero-order valence-electron chi connectivity index (χ0n) is 10.2. The summed E-state index contributed by atoms with van der Waals surface area (Å²) in [5, 5.41) is 0. The van der Waals surface area contributed by atoms with E-state index in [9.17, 15) is 4.79 Å². The molecule has 2 nitrogen and oxygen atoms in total. The van der Waals surface area contributed by atoms with E-state index in [1.54, 1.807) is 6.08 Å². The predicted molar refractivity (Wildman–Crippen MR) is 66.4 cm³/mol. The summed E-state index contributed by atoms with van der Waals surface area (Å²) in [6.07, 6.45) is 10.8. The van der Waals surface area contributed by atoms with Crippen molar-refractivity contribution in [2.45, 2.75) is 56.9 Å². The van der Waals surface area contributed by atoms with E-state index in [0.29, 0.717) is 12.2 Å². The number of hydrogen-bond donors (Lipinski definition) is 0. The predicted octanol–water partition coefficient (Wildman–Crippen LogP) is 2.93. The van der Waals surface area contributed by atoms with Gasteiger partial charge in [-0.2, -0.15) is 0 Å². The maximum Gasteiger partial charge on any atom is 0.156 e. The van der Waals surface area contributed by atoms with Gasteiger partial charge in [0.15, 0.2) is 5.78 Å². The SMILES string of the molecule is C=CCC(=O)C1(N2CCCCC2)CCCC1. The van der Waals surface area contributed by atoms with Crippen LogP contribution in [0.1, 0.15) is 51.4 Å². The Labute approximate surface area is 98.7 Å². The van der Waals surface area contributed by atoms with Gasteiger partial charge in [-0.1, -0.05) is 25.3 Å². The van der Waals surface area contributed by atoms with Crippen molar-refractivity contribution in [3.05, 3.63) is 12.7 Å². The quantitative estimate of drug-likeness (QED) is 0.680. The number of nitrogens with zero attached hydrogens (tertiary/aromatic N) is 1. The van der Waals surface area contributed by atoms with Crippen molar-refractivity contribution >= 4 is 5.78 Å². The normalized spacial score (nSPS) is 25.5. The number of carbonyl (C=O) groups excluding carboxylic acids is 1. The van der Waals surface area contributed by atoms with Crippen LogP contribution in [0.15, 0.2) is 12.7 Å². The molecular weight excluding hydrogens is 198 g/mol. The Morgan fingerprint density at radius 1 is 1.12 bits per heavy atom. The highest BCUT2D eigenvalue weighted by Gasteiger charge is 2.44. The Hall–Kier alpha value is -0.630. The van der Waals surface area contributed by atoms with Crippen LogP contribution < -0.4 is 0 Å². The minimum Gasteiger partial charge on any atom is -0.297 e. The van der Waals surface area contributed by atoms with Gasteiger partial charge in [0, 0.05) is 6.42 Å². The van der Waals surface area contributed by atoms with E-state index in [4.69, 9.17) is 0 Å². The maximum absolute atomic E-state index is 12.4. The summed E-state index contributed by atoms with van der Waals surface area (Å²) >= 11 is 0. The molecule has 0 amide bonds. The molecule has 0 N–H and O–H groups in total. The summed E-state index contributed by atoms with van der Waals surface area (Å²) < 4.78 is 0. The molecule has 2 heteroatoms. The van der Waals surface area contributed by atoms with Crippen molar-refractivity contribution in [3.8, 4) is 0 Å². The first-order valence-corrected chi connectivity index (χ1v) is 6.69. The zero-order valence-corrected chi connectivity index (χ0v) is 10.2. The van der Waals surface area contributed by atoms with Crippen LogP contribution >= 0.6 is 0 Å². The molecule has 2 rings (SSSR count). The molecule has 0 atom stereocenters. The van der Waals surface area contributed by atoms with Crippen LogP contribution in [0, 0.1) is 0 Å². The number of likely N-dealkylation sites (tertiary alicyclic amines) is 1. The lowest BCUT2D eigenvalue weighted by Crippen LogP contribution is -2.54. The minimum atomic E-state index is -0.103. The van der Waals surface area contributed by atoms with Gasteiger partial charge in [-0.05, 0) is 38.8 Å². The van der Waals surface area contributed by atoms with E-state index < -0.39 is 0 Å². The molecule has 1 aliphatic heterocycles. The molecule has 1 saturated carbocycles. The molecular formula is C14H23NO. The Bertz CT molecular complexity index is 260.